The minimum Gasteiger partial charge on any atom is -0.481 e. The van der Waals surface area contributed by atoms with Gasteiger partial charge in [-0.25, -0.2) is 4.39 Å². The third-order valence-corrected chi connectivity index (χ3v) is 3.85. The van der Waals surface area contributed by atoms with E-state index in [0.717, 1.165) is 24.1 Å². The first-order valence-corrected chi connectivity index (χ1v) is 6.40. The van der Waals surface area contributed by atoms with Crippen molar-refractivity contribution >= 4 is 17.6 Å². The molecule has 100 valence electrons. The first-order valence-electron chi connectivity index (χ1n) is 6.40. The number of anilines is 1. The van der Waals surface area contributed by atoms with E-state index in [1.165, 1.54) is 12.1 Å². The summed E-state index contributed by atoms with van der Waals surface area (Å²) in [6, 6.07) is 4.41. The Balaban J connectivity index is 1.84. The quantitative estimate of drug-likeness (QED) is 0.885. The monoisotopic (exact) mass is 263 g/mol. The van der Waals surface area contributed by atoms with Gasteiger partial charge in [-0.3, -0.25) is 9.59 Å². The minimum absolute atomic E-state index is 0.139. The Kier molecular flexibility index (Phi) is 2.77. The maximum Gasteiger partial charge on any atom is 0.307 e. The first-order chi connectivity index (χ1) is 9.08. The Labute approximate surface area is 109 Å². The molecule has 0 saturated heterocycles. The van der Waals surface area contributed by atoms with Crippen molar-refractivity contribution in [2.75, 3.05) is 11.4 Å². The van der Waals surface area contributed by atoms with Crippen LogP contribution in [0, 0.1) is 17.7 Å². The number of aliphatic carboxylic acids is 1. The smallest absolute Gasteiger partial charge is 0.307 e. The zero-order valence-electron chi connectivity index (χ0n) is 10.3. The summed E-state index contributed by atoms with van der Waals surface area (Å²) in [6.45, 7) is 0.584. The molecule has 2 atom stereocenters. The molecule has 0 unspecified atom stereocenters. The molecule has 0 aromatic heterocycles. The van der Waals surface area contributed by atoms with Crippen molar-refractivity contribution in [2.45, 2.75) is 19.3 Å². The van der Waals surface area contributed by atoms with Gasteiger partial charge in [-0.05, 0) is 43.0 Å². The van der Waals surface area contributed by atoms with Crippen molar-refractivity contribution in [1.82, 2.24) is 0 Å². The summed E-state index contributed by atoms with van der Waals surface area (Å²) in [6.07, 6.45) is 1.96. The maximum absolute atomic E-state index is 13.2. The van der Waals surface area contributed by atoms with Gasteiger partial charge in [0, 0.05) is 12.2 Å². The molecule has 1 aliphatic carbocycles. The van der Waals surface area contributed by atoms with Crippen molar-refractivity contribution in [3.63, 3.8) is 0 Å². The second-order valence-corrected chi connectivity index (χ2v) is 5.15. The number of rotatable bonds is 2. The SMILES string of the molecule is O=C(O)[C@H]1C[C@@H]1C(=O)N1CCCc2cc(F)ccc21. The van der Waals surface area contributed by atoms with Crippen molar-refractivity contribution in [2.24, 2.45) is 11.8 Å². The highest BCUT2D eigenvalue weighted by Crippen LogP contribution is 2.42. The van der Waals surface area contributed by atoms with Crippen molar-refractivity contribution in [1.29, 1.82) is 0 Å². The van der Waals surface area contributed by atoms with Crippen LogP contribution in [0.25, 0.3) is 0 Å². The van der Waals surface area contributed by atoms with E-state index in [2.05, 4.69) is 0 Å². The number of hydrogen-bond acceptors (Lipinski definition) is 2. The van der Waals surface area contributed by atoms with Crippen LogP contribution in [0.5, 0.6) is 0 Å². The molecular weight excluding hydrogens is 249 g/mol. The van der Waals surface area contributed by atoms with Crippen LogP contribution in [-0.2, 0) is 16.0 Å². The number of halogens is 1. The summed E-state index contributed by atoms with van der Waals surface area (Å²) < 4.78 is 13.2. The number of carbonyl (C=O) groups excluding carboxylic acids is 1. The summed E-state index contributed by atoms with van der Waals surface area (Å²) in [7, 11) is 0. The normalized spacial score (nSPS) is 24.8. The Morgan fingerprint density at radius 1 is 1.32 bits per heavy atom. The van der Waals surface area contributed by atoms with E-state index in [4.69, 9.17) is 5.11 Å². The zero-order chi connectivity index (χ0) is 13.6. The Bertz CT molecular complexity index is 558. The molecule has 1 heterocycles. The summed E-state index contributed by atoms with van der Waals surface area (Å²) in [5.74, 6) is -2.30. The molecule has 19 heavy (non-hydrogen) atoms. The molecule has 1 N–H and O–H groups in total. The highest BCUT2D eigenvalue weighted by molar-refractivity contribution is 6.00. The number of benzene rings is 1. The topological polar surface area (TPSA) is 57.6 Å². The van der Waals surface area contributed by atoms with Crippen molar-refractivity contribution in [3.05, 3.63) is 29.6 Å². The highest BCUT2D eigenvalue weighted by Gasteiger charge is 2.50. The number of hydrogen-bond donors (Lipinski definition) is 1. The molecule has 1 fully saturated rings. The molecular formula is C14H14FNO3. The van der Waals surface area contributed by atoms with E-state index in [0.29, 0.717) is 13.0 Å². The molecule has 5 heteroatoms. The fourth-order valence-electron chi connectivity index (χ4n) is 2.74. The van der Waals surface area contributed by atoms with Crippen LogP contribution >= 0.6 is 0 Å². The zero-order valence-corrected chi connectivity index (χ0v) is 10.3. The van der Waals surface area contributed by atoms with E-state index >= 15 is 0 Å². The number of amides is 1. The standard InChI is InChI=1S/C14H14FNO3/c15-9-3-4-12-8(6-9)2-1-5-16(12)13(17)10-7-11(10)14(18)19/h3-4,6,10-11H,1-2,5,7H2,(H,18,19)/t10-,11-/m0/s1. The largest absolute Gasteiger partial charge is 0.481 e. The van der Waals surface area contributed by atoms with Gasteiger partial charge in [-0.2, -0.15) is 0 Å². The molecule has 3 rings (SSSR count). The summed E-state index contributed by atoms with van der Waals surface area (Å²) in [5, 5.41) is 8.88. The van der Waals surface area contributed by atoms with Crippen LogP contribution in [0.3, 0.4) is 0 Å². The molecule has 0 radical (unpaired) electrons. The predicted octanol–water partition coefficient (Wildman–Crippen LogP) is 1.83. The summed E-state index contributed by atoms with van der Waals surface area (Å²) >= 11 is 0. The number of carbonyl (C=O) groups is 2. The fraction of sp³-hybridized carbons (Fsp3) is 0.429. The lowest BCUT2D eigenvalue weighted by atomic mass is 10.0. The number of aryl methyl sites for hydroxylation is 1. The van der Waals surface area contributed by atoms with Crippen LogP contribution in [0.2, 0.25) is 0 Å². The fourth-order valence-corrected chi connectivity index (χ4v) is 2.74. The van der Waals surface area contributed by atoms with Gasteiger partial charge in [0.15, 0.2) is 0 Å². The predicted molar refractivity (Wildman–Crippen MR) is 66.3 cm³/mol. The Morgan fingerprint density at radius 3 is 2.79 bits per heavy atom. The number of carboxylic acids is 1. The highest BCUT2D eigenvalue weighted by atomic mass is 19.1. The lowest BCUT2D eigenvalue weighted by Crippen LogP contribution is -2.37. The molecule has 2 aliphatic rings. The van der Waals surface area contributed by atoms with Gasteiger partial charge in [0.2, 0.25) is 5.91 Å². The lowest BCUT2D eigenvalue weighted by Gasteiger charge is -2.29. The van der Waals surface area contributed by atoms with Crippen LogP contribution < -0.4 is 4.90 Å². The van der Waals surface area contributed by atoms with Gasteiger partial charge >= 0.3 is 5.97 Å². The van der Waals surface area contributed by atoms with Crippen molar-refractivity contribution in [3.8, 4) is 0 Å². The molecule has 1 aliphatic heterocycles. The second-order valence-electron chi connectivity index (χ2n) is 5.15. The number of carboxylic acid groups (broad SMARTS) is 1. The lowest BCUT2D eigenvalue weighted by molar-refractivity contribution is -0.140. The van der Waals surface area contributed by atoms with Gasteiger partial charge in [-0.1, -0.05) is 0 Å². The van der Waals surface area contributed by atoms with Crippen LogP contribution in [0.4, 0.5) is 10.1 Å². The minimum atomic E-state index is -0.908. The Hall–Kier alpha value is -1.91. The third-order valence-electron chi connectivity index (χ3n) is 3.85. The molecule has 1 aromatic rings. The van der Waals surface area contributed by atoms with Gasteiger partial charge in [-0.15, -0.1) is 0 Å². The van der Waals surface area contributed by atoms with Gasteiger partial charge in [0.05, 0.1) is 11.8 Å². The average Bonchev–Trinajstić information content (AvgIpc) is 3.17. The van der Waals surface area contributed by atoms with Gasteiger partial charge in [0.1, 0.15) is 5.82 Å². The van der Waals surface area contributed by atoms with E-state index in [-0.39, 0.29) is 11.7 Å². The van der Waals surface area contributed by atoms with E-state index in [9.17, 15) is 14.0 Å². The molecule has 0 bridgehead atoms. The van der Waals surface area contributed by atoms with Crippen LogP contribution in [0.1, 0.15) is 18.4 Å². The molecule has 1 saturated carbocycles. The summed E-state index contributed by atoms with van der Waals surface area (Å²) in [4.78, 5) is 24.7. The molecule has 4 nitrogen and oxygen atoms in total. The van der Waals surface area contributed by atoms with Crippen molar-refractivity contribution < 1.29 is 19.1 Å². The molecule has 1 aromatic carbocycles. The van der Waals surface area contributed by atoms with Gasteiger partial charge < -0.3 is 10.0 Å². The molecule has 1 amide bonds. The molecule has 0 spiro atoms. The van der Waals surface area contributed by atoms with E-state index in [1.807, 2.05) is 0 Å². The number of fused-ring (bicyclic) bond motifs is 1. The summed E-state index contributed by atoms with van der Waals surface area (Å²) in [5.41, 5.74) is 1.56. The van der Waals surface area contributed by atoms with E-state index < -0.39 is 17.8 Å². The Morgan fingerprint density at radius 2 is 2.11 bits per heavy atom. The third kappa shape index (κ3) is 2.09. The first kappa shape index (κ1) is 12.1. The maximum atomic E-state index is 13.2. The van der Waals surface area contributed by atoms with Crippen LogP contribution in [0.15, 0.2) is 18.2 Å². The average molecular weight is 263 g/mol. The number of nitrogens with zero attached hydrogens (tertiary/aromatic N) is 1. The van der Waals surface area contributed by atoms with Crippen LogP contribution in [-0.4, -0.2) is 23.5 Å². The second kappa shape index (κ2) is 4.33. The van der Waals surface area contributed by atoms with Gasteiger partial charge in [0.25, 0.3) is 0 Å². The van der Waals surface area contributed by atoms with E-state index in [1.54, 1.807) is 11.0 Å².